The predicted octanol–water partition coefficient (Wildman–Crippen LogP) is 2.65. The van der Waals surface area contributed by atoms with Gasteiger partial charge < -0.3 is 5.11 Å². The molecule has 0 saturated carbocycles. The number of rotatable bonds is 2. The van der Waals surface area contributed by atoms with Crippen LogP contribution in [-0.4, -0.2) is 5.11 Å². The quantitative estimate of drug-likeness (QED) is 0.669. The molecule has 0 amide bonds. The van der Waals surface area contributed by atoms with Crippen LogP contribution in [0.3, 0.4) is 0 Å². The van der Waals surface area contributed by atoms with Crippen LogP contribution in [0.25, 0.3) is 0 Å². The number of phenolic OH excluding ortho intramolecular Hbond substituents is 1. The van der Waals surface area contributed by atoms with Crippen molar-refractivity contribution in [2.24, 2.45) is 0 Å². The van der Waals surface area contributed by atoms with Gasteiger partial charge in [0.2, 0.25) is 0 Å². The fourth-order valence-corrected chi connectivity index (χ4v) is 0.954. The second-order valence-corrected chi connectivity index (χ2v) is 2.55. The van der Waals surface area contributed by atoms with Gasteiger partial charge in [-0.2, -0.15) is 0 Å². The van der Waals surface area contributed by atoms with Crippen LogP contribution in [0.5, 0.6) is 5.75 Å². The molecular weight excluding hydrogens is 155 g/mol. The Kier molecular flexibility index (Phi) is 2.86. The predicted molar refractivity (Wildman–Crippen MR) is 46.6 cm³/mol. The summed E-state index contributed by atoms with van der Waals surface area (Å²) in [6.07, 6.45) is 4.44. The molecule has 0 saturated heterocycles. The van der Waals surface area contributed by atoms with E-state index in [-0.39, 0.29) is 5.75 Å². The van der Waals surface area contributed by atoms with Crippen LogP contribution in [0.1, 0.15) is 12.5 Å². The van der Waals surface area contributed by atoms with E-state index in [1.165, 1.54) is 6.07 Å². The zero-order valence-corrected chi connectivity index (χ0v) is 6.92. The van der Waals surface area contributed by atoms with E-state index in [1.807, 2.05) is 19.1 Å². The Morgan fingerprint density at radius 2 is 2.25 bits per heavy atom. The molecule has 0 aliphatic carbocycles. The Morgan fingerprint density at radius 3 is 2.83 bits per heavy atom. The van der Waals surface area contributed by atoms with E-state index in [4.69, 9.17) is 0 Å². The first kappa shape index (κ1) is 8.78. The second-order valence-electron chi connectivity index (χ2n) is 2.55. The smallest absolute Gasteiger partial charge is 0.126 e. The van der Waals surface area contributed by atoms with E-state index in [2.05, 4.69) is 0 Å². The number of aromatic hydroxyl groups is 1. The number of hydrogen-bond acceptors (Lipinski definition) is 1. The number of allylic oxidation sites excluding steroid dienone is 2. The highest BCUT2D eigenvalue weighted by Crippen LogP contribution is 2.18. The maximum Gasteiger partial charge on any atom is 0.126 e. The normalized spacial score (nSPS) is 10.8. The maximum atomic E-state index is 12.5. The molecule has 0 aromatic heterocycles. The van der Waals surface area contributed by atoms with Crippen LogP contribution < -0.4 is 0 Å². The second kappa shape index (κ2) is 3.90. The molecule has 0 aliphatic heterocycles. The number of hydrogen-bond donors (Lipinski definition) is 1. The summed E-state index contributed by atoms with van der Waals surface area (Å²) in [5.74, 6) is -0.384. The van der Waals surface area contributed by atoms with Crippen molar-refractivity contribution in [3.63, 3.8) is 0 Å². The standard InChI is InChI=1S/C10H11FO/c1-2-3-4-8-5-6-9(11)7-10(8)12/h2-3,5-7,12H,4H2,1H3/b3-2+. The first-order valence-electron chi connectivity index (χ1n) is 3.82. The molecular formula is C10H11FO. The van der Waals surface area contributed by atoms with Crippen molar-refractivity contribution in [3.8, 4) is 5.75 Å². The van der Waals surface area contributed by atoms with Gasteiger partial charge in [-0.05, 0) is 25.0 Å². The van der Waals surface area contributed by atoms with Crippen molar-refractivity contribution in [2.75, 3.05) is 0 Å². The lowest BCUT2D eigenvalue weighted by Gasteiger charge is -1.99. The molecule has 1 rings (SSSR count). The number of benzene rings is 1. The lowest BCUT2D eigenvalue weighted by atomic mass is 10.1. The molecule has 0 fully saturated rings. The van der Waals surface area contributed by atoms with Crippen LogP contribution in [-0.2, 0) is 6.42 Å². The molecule has 0 spiro atoms. The lowest BCUT2D eigenvalue weighted by Crippen LogP contribution is -1.83. The van der Waals surface area contributed by atoms with Crippen molar-refractivity contribution < 1.29 is 9.50 Å². The van der Waals surface area contributed by atoms with Gasteiger partial charge in [0.1, 0.15) is 11.6 Å². The lowest BCUT2D eigenvalue weighted by molar-refractivity contribution is 0.463. The van der Waals surface area contributed by atoms with Gasteiger partial charge in [-0.3, -0.25) is 0 Å². The van der Waals surface area contributed by atoms with Crippen LogP contribution in [0.4, 0.5) is 4.39 Å². The zero-order valence-electron chi connectivity index (χ0n) is 6.92. The first-order chi connectivity index (χ1) is 5.74. The summed E-state index contributed by atoms with van der Waals surface area (Å²) in [7, 11) is 0. The highest BCUT2D eigenvalue weighted by Gasteiger charge is 1.99. The molecule has 0 bridgehead atoms. The topological polar surface area (TPSA) is 20.2 Å². The SMILES string of the molecule is C/C=C/Cc1ccc(F)cc1O. The van der Waals surface area contributed by atoms with Crippen molar-refractivity contribution in [3.05, 3.63) is 41.7 Å². The van der Waals surface area contributed by atoms with E-state index < -0.39 is 5.82 Å². The minimum atomic E-state index is -0.406. The van der Waals surface area contributed by atoms with E-state index in [0.29, 0.717) is 6.42 Å². The minimum Gasteiger partial charge on any atom is -0.508 e. The molecule has 0 radical (unpaired) electrons. The van der Waals surface area contributed by atoms with Gasteiger partial charge in [0.25, 0.3) is 0 Å². The van der Waals surface area contributed by atoms with Crippen LogP contribution in [0.2, 0.25) is 0 Å². The van der Waals surface area contributed by atoms with Gasteiger partial charge in [0.05, 0.1) is 0 Å². The summed E-state index contributed by atoms with van der Waals surface area (Å²) in [6.45, 7) is 1.90. The van der Waals surface area contributed by atoms with Crippen LogP contribution in [0, 0.1) is 5.82 Å². The molecule has 12 heavy (non-hydrogen) atoms. The number of halogens is 1. The molecule has 1 aromatic carbocycles. The van der Waals surface area contributed by atoms with Crippen molar-refractivity contribution >= 4 is 0 Å². The van der Waals surface area contributed by atoms with Crippen LogP contribution >= 0.6 is 0 Å². The third-order valence-electron chi connectivity index (χ3n) is 1.62. The summed E-state index contributed by atoms with van der Waals surface area (Å²) >= 11 is 0. The average molecular weight is 166 g/mol. The molecule has 0 unspecified atom stereocenters. The summed E-state index contributed by atoms with van der Waals surface area (Å²) in [4.78, 5) is 0. The molecule has 1 N–H and O–H groups in total. The fourth-order valence-electron chi connectivity index (χ4n) is 0.954. The maximum absolute atomic E-state index is 12.5. The number of phenols is 1. The zero-order chi connectivity index (χ0) is 8.97. The van der Waals surface area contributed by atoms with E-state index in [9.17, 15) is 9.50 Å². The molecule has 1 aromatic rings. The molecule has 0 aliphatic rings. The van der Waals surface area contributed by atoms with Crippen molar-refractivity contribution in [2.45, 2.75) is 13.3 Å². The van der Waals surface area contributed by atoms with E-state index >= 15 is 0 Å². The van der Waals surface area contributed by atoms with Gasteiger partial charge in [-0.15, -0.1) is 0 Å². The van der Waals surface area contributed by atoms with Crippen LogP contribution in [0.15, 0.2) is 30.4 Å². The van der Waals surface area contributed by atoms with Gasteiger partial charge >= 0.3 is 0 Å². The molecule has 0 atom stereocenters. The first-order valence-corrected chi connectivity index (χ1v) is 3.82. The highest BCUT2D eigenvalue weighted by molar-refractivity contribution is 5.33. The summed E-state index contributed by atoms with van der Waals surface area (Å²) in [5, 5.41) is 9.24. The third-order valence-corrected chi connectivity index (χ3v) is 1.62. The van der Waals surface area contributed by atoms with Gasteiger partial charge in [0, 0.05) is 6.07 Å². The van der Waals surface area contributed by atoms with Crippen molar-refractivity contribution in [1.29, 1.82) is 0 Å². The highest BCUT2D eigenvalue weighted by atomic mass is 19.1. The largest absolute Gasteiger partial charge is 0.508 e. The third kappa shape index (κ3) is 2.09. The molecule has 0 heterocycles. The monoisotopic (exact) mass is 166 g/mol. The van der Waals surface area contributed by atoms with E-state index in [1.54, 1.807) is 6.07 Å². The molecule has 2 heteroatoms. The van der Waals surface area contributed by atoms with Gasteiger partial charge in [-0.1, -0.05) is 18.2 Å². The Bertz CT molecular complexity index is 292. The Morgan fingerprint density at radius 1 is 1.50 bits per heavy atom. The Balaban J connectivity index is 2.86. The molecule has 1 nitrogen and oxygen atoms in total. The van der Waals surface area contributed by atoms with Gasteiger partial charge in [-0.25, -0.2) is 4.39 Å². The van der Waals surface area contributed by atoms with Crippen molar-refractivity contribution in [1.82, 2.24) is 0 Å². The summed E-state index contributed by atoms with van der Waals surface area (Å²) < 4.78 is 12.5. The fraction of sp³-hybridized carbons (Fsp3) is 0.200. The average Bonchev–Trinajstić information content (AvgIpc) is 2.03. The summed E-state index contributed by atoms with van der Waals surface area (Å²) in [5.41, 5.74) is 0.745. The Hall–Kier alpha value is -1.31. The minimum absolute atomic E-state index is 0.0214. The summed E-state index contributed by atoms with van der Waals surface area (Å²) in [6, 6.07) is 4.06. The Labute approximate surface area is 71.2 Å². The van der Waals surface area contributed by atoms with Gasteiger partial charge in [0.15, 0.2) is 0 Å². The van der Waals surface area contributed by atoms with E-state index in [0.717, 1.165) is 11.6 Å². The molecule has 64 valence electrons.